The molecule has 1 aliphatic carbocycles. The minimum atomic E-state index is -3.41. The van der Waals surface area contributed by atoms with E-state index in [-0.39, 0.29) is 24.0 Å². The van der Waals surface area contributed by atoms with Gasteiger partial charge in [-0.3, -0.25) is 15.6 Å². The Morgan fingerprint density at radius 1 is 1.07 bits per heavy atom. The van der Waals surface area contributed by atoms with Crippen LogP contribution in [0.1, 0.15) is 32.1 Å². The molecule has 3 saturated heterocycles. The van der Waals surface area contributed by atoms with Crippen molar-refractivity contribution < 1.29 is 13.2 Å². The number of amides is 1. The first-order chi connectivity index (χ1) is 12.8. The summed E-state index contributed by atoms with van der Waals surface area (Å²) in [4.78, 5) is 13.4. The maximum atomic E-state index is 13.1. The molecule has 0 bridgehead atoms. The minimum absolute atomic E-state index is 0.0266. The van der Waals surface area contributed by atoms with Gasteiger partial charge in [0.25, 0.3) is 0 Å². The van der Waals surface area contributed by atoms with Gasteiger partial charge >= 0.3 is 0 Å². The number of nitrogens with zero attached hydrogens (tertiary/aromatic N) is 3. The Kier molecular flexibility index (Phi) is 5.47. The molecule has 3 heterocycles. The van der Waals surface area contributed by atoms with Crippen LogP contribution in [0.15, 0.2) is 0 Å². The number of rotatable bonds is 4. The lowest BCUT2D eigenvalue weighted by Crippen LogP contribution is -2.55. The monoisotopic (exact) mass is 400 g/mol. The smallest absolute Gasteiger partial charge is 0.222 e. The van der Waals surface area contributed by atoms with Crippen molar-refractivity contribution in [1.82, 2.24) is 30.5 Å². The van der Waals surface area contributed by atoms with Crippen LogP contribution in [-0.4, -0.2) is 92.9 Å². The van der Waals surface area contributed by atoms with Gasteiger partial charge < -0.3 is 4.90 Å². The number of likely N-dealkylation sites (N-methyl/N-ethyl adjacent to an activating group) is 2. The molecule has 0 spiro atoms. The van der Waals surface area contributed by atoms with E-state index in [1.165, 1.54) is 0 Å². The zero-order valence-electron chi connectivity index (χ0n) is 16.2. The topological polar surface area (TPSA) is 97.0 Å². The van der Waals surface area contributed by atoms with Gasteiger partial charge in [-0.1, -0.05) is 6.42 Å². The largest absolute Gasteiger partial charge is 0.344 e. The maximum Gasteiger partial charge on any atom is 0.222 e. The first-order valence-corrected chi connectivity index (χ1v) is 11.6. The predicted molar refractivity (Wildman–Crippen MR) is 102 cm³/mol. The predicted octanol–water partition coefficient (Wildman–Crippen LogP) is -1.30. The van der Waals surface area contributed by atoms with Crippen molar-refractivity contribution in [3.8, 4) is 0 Å². The molecule has 154 valence electrons. The van der Waals surface area contributed by atoms with E-state index in [1.54, 1.807) is 4.90 Å². The van der Waals surface area contributed by atoms with Gasteiger partial charge in [0, 0.05) is 64.8 Å². The van der Waals surface area contributed by atoms with Crippen molar-refractivity contribution in [3.05, 3.63) is 0 Å². The van der Waals surface area contributed by atoms with Crippen LogP contribution in [0.3, 0.4) is 0 Å². The summed E-state index contributed by atoms with van der Waals surface area (Å²) in [5.41, 5.74) is 6.61. The summed E-state index contributed by atoms with van der Waals surface area (Å²) < 4.78 is 29.2. The lowest BCUT2D eigenvalue weighted by Gasteiger charge is -2.37. The van der Waals surface area contributed by atoms with Crippen molar-refractivity contribution in [2.45, 2.75) is 55.5 Å². The van der Waals surface area contributed by atoms with Gasteiger partial charge in [-0.25, -0.2) is 23.2 Å². The first-order valence-electron chi connectivity index (χ1n) is 10.1. The summed E-state index contributed by atoms with van der Waals surface area (Å²) in [5, 5.41) is 3.66. The van der Waals surface area contributed by atoms with E-state index in [9.17, 15) is 13.2 Å². The van der Waals surface area contributed by atoms with Gasteiger partial charge in [-0.15, -0.1) is 0 Å². The highest BCUT2D eigenvalue weighted by atomic mass is 32.2. The third-order valence-corrected chi connectivity index (χ3v) is 8.58. The summed E-state index contributed by atoms with van der Waals surface area (Å²) in [7, 11) is 0.416. The molecular formula is C17H32N6O3S. The van der Waals surface area contributed by atoms with Crippen molar-refractivity contribution in [3.63, 3.8) is 0 Å². The van der Waals surface area contributed by atoms with Gasteiger partial charge in [-0.05, 0) is 25.2 Å². The fourth-order valence-electron chi connectivity index (χ4n) is 5.18. The second-order valence-electron chi connectivity index (χ2n) is 8.53. The summed E-state index contributed by atoms with van der Waals surface area (Å²) in [5.74, 6) is 0.683. The Balaban J connectivity index is 1.37. The molecule has 0 aromatic carbocycles. The van der Waals surface area contributed by atoms with Gasteiger partial charge in [0.15, 0.2) is 0 Å². The Hall–Kier alpha value is -0.780. The number of piperidine rings is 1. The van der Waals surface area contributed by atoms with E-state index in [1.807, 2.05) is 19.1 Å². The molecule has 9 nitrogen and oxygen atoms in total. The summed E-state index contributed by atoms with van der Waals surface area (Å²) in [6, 6.07) is 0.385. The fraction of sp³-hybridized carbons (Fsp3) is 0.941. The summed E-state index contributed by atoms with van der Waals surface area (Å²) in [6.45, 7) is 2.48. The minimum Gasteiger partial charge on any atom is -0.344 e. The van der Waals surface area contributed by atoms with Crippen LogP contribution in [0.25, 0.3) is 0 Å². The van der Waals surface area contributed by atoms with Gasteiger partial charge in [0.05, 0.1) is 0 Å². The lowest BCUT2D eigenvalue weighted by atomic mass is 9.82. The molecule has 0 aromatic heterocycles. The Morgan fingerprint density at radius 3 is 2.67 bits per heavy atom. The van der Waals surface area contributed by atoms with Gasteiger partial charge in [0.1, 0.15) is 5.25 Å². The molecule has 5 atom stereocenters. The molecule has 27 heavy (non-hydrogen) atoms. The second-order valence-corrected chi connectivity index (χ2v) is 10.5. The average Bonchev–Trinajstić information content (AvgIpc) is 3.26. The Labute approximate surface area is 161 Å². The van der Waals surface area contributed by atoms with Crippen LogP contribution in [0.2, 0.25) is 0 Å². The third kappa shape index (κ3) is 3.88. The fourth-order valence-corrected chi connectivity index (χ4v) is 6.70. The normalized spacial score (nSPS) is 39.1. The number of carbonyl (C=O) groups is 1. The first kappa shape index (κ1) is 19.5. The van der Waals surface area contributed by atoms with Gasteiger partial charge in [0.2, 0.25) is 15.9 Å². The Bertz CT molecular complexity index is 672. The van der Waals surface area contributed by atoms with Crippen LogP contribution < -0.4 is 15.6 Å². The number of fused-ring (bicyclic) bond motifs is 1. The molecule has 4 aliphatic rings. The van der Waals surface area contributed by atoms with E-state index < -0.39 is 15.3 Å². The van der Waals surface area contributed by atoms with Crippen LogP contribution in [0.4, 0.5) is 0 Å². The highest BCUT2D eigenvalue weighted by Crippen LogP contribution is 2.31. The standard InChI is InChI=1S/C17H32N6O3S/c1-21-10-13(6-7-16(21)24)23-11-14(9-19-23)27(25,26)20-15-5-3-4-12-8-18-22(2)17(12)15/h12-15,17-20H,3-11H2,1-2H3/t12?,13-,14?,15?,17?/m0/s1. The quantitative estimate of drug-likeness (QED) is 0.540. The molecule has 1 saturated carbocycles. The molecule has 3 N–H and O–H groups in total. The Morgan fingerprint density at radius 2 is 1.89 bits per heavy atom. The zero-order valence-corrected chi connectivity index (χ0v) is 17.0. The van der Waals surface area contributed by atoms with Crippen LogP contribution in [0, 0.1) is 5.92 Å². The molecule has 4 fully saturated rings. The number of hydrogen-bond donors (Lipinski definition) is 3. The third-order valence-electron chi connectivity index (χ3n) is 6.75. The number of sulfonamides is 1. The van der Waals surface area contributed by atoms with E-state index >= 15 is 0 Å². The highest BCUT2D eigenvalue weighted by Gasteiger charge is 2.44. The number of nitrogens with one attached hydrogen (secondary N) is 3. The maximum absolute atomic E-state index is 13.1. The van der Waals surface area contributed by atoms with Crippen molar-refractivity contribution >= 4 is 15.9 Å². The average molecular weight is 401 g/mol. The molecule has 0 radical (unpaired) electrons. The van der Waals surface area contributed by atoms with E-state index in [2.05, 4.69) is 20.6 Å². The van der Waals surface area contributed by atoms with Crippen molar-refractivity contribution in [1.29, 1.82) is 0 Å². The lowest BCUT2D eigenvalue weighted by molar-refractivity contribution is -0.133. The zero-order chi connectivity index (χ0) is 19.2. The molecular weight excluding hydrogens is 368 g/mol. The van der Waals surface area contributed by atoms with Gasteiger partial charge in [-0.2, -0.15) is 0 Å². The number of likely N-dealkylation sites (tertiary alicyclic amines) is 1. The number of hydrogen-bond acceptors (Lipinski definition) is 7. The molecule has 0 aromatic rings. The SMILES string of the molecule is CN1C[C@@H](N2CC(S(=O)(=O)NC3CCCC4CNN(C)C43)CN2)CCC1=O. The van der Waals surface area contributed by atoms with Crippen LogP contribution >= 0.6 is 0 Å². The van der Waals surface area contributed by atoms with Crippen LogP contribution in [0.5, 0.6) is 0 Å². The summed E-state index contributed by atoms with van der Waals surface area (Å²) in [6.07, 6.45) is 4.43. The summed E-state index contributed by atoms with van der Waals surface area (Å²) >= 11 is 0. The van der Waals surface area contributed by atoms with Crippen molar-refractivity contribution in [2.75, 3.05) is 40.3 Å². The van der Waals surface area contributed by atoms with E-state index in [4.69, 9.17) is 0 Å². The number of carbonyl (C=O) groups excluding carboxylic acids is 1. The second kappa shape index (κ2) is 7.57. The highest BCUT2D eigenvalue weighted by molar-refractivity contribution is 7.90. The molecule has 10 heteroatoms. The molecule has 4 unspecified atom stereocenters. The van der Waals surface area contributed by atoms with E-state index in [0.29, 0.717) is 32.0 Å². The molecule has 1 amide bonds. The number of hydrazine groups is 2. The van der Waals surface area contributed by atoms with Crippen LogP contribution in [-0.2, 0) is 14.8 Å². The van der Waals surface area contributed by atoms with Crippen molar-refractivity contribution in [2.24, 2.45) is 5.92 Å². The molecule has 3 aliphatic heterocycles. The molecule has 4 rings (SSSR count). The van der Waals surface area contributed by atoms with E-state index in [0.717, 1.165) is 32.2 Å².